The zero-order chi connectivity index (χ0) is 12.5. The number of rotatable bonds is 5. The number of hydrogen-bond acceptors (Lipinski definition) is 3. The van der Waals surface area contributed by atoms with Crippen molar-refractivity contribution in [2.24, 2.45) is 13.0 Å². The molecule has 1 aliphatic heterocycles. The van der Waals surface area contributed by atoms with Crippen molar-refractivity contribution in [1.29, 1.82) is 0 Å². The van der Waals surface area contributed by atoms with Gasteiger partial charge in [0.2, 0.25) is 0 Å². The van der Waals surface area contributed by atoms with Crippen molar-refractivity contribution in [3.05, 3.63) is 17.5 Å². The standard InChI is InChI=1S/C14H24N4/c1-11-13(9-17(2)16-11)10-18-6-5-12(8-18)7-15-14-3-4-14/h9,12,14-15H,3-8,10H2,1-2H3. The molecule has 1 saturated heterocycles. The molecule has 4 heteroatoms. The van der Waals surface area contributed by atoms with Crippen molar-refractivity contribution >= 4 is 0 Å². The van der Waals surface area contributed by atoms with Gasteiger partial charge >= 0.3 is 0 Å². The maximum Gasteiger partial charge on any atom is 0.0638 e. The van der Waals surface area contributed by atoms with Crippen LogP contribution in [0.25, 0.3) is 0 Å². The molecule has 0 aromatic carbocycles. The Kier molecular flexibility index (Phi) is 3.39. The minimum atomic E-state index is 0.847. The Bertz CT molecular complexity index is 408. The maximum absolute atomic E-state index is 4.42. The minimum Gasteiger partial charge on any atom is -0.314 e. The average Bonchev–Trinajstić information content (AvgIpc) is 2.97. The van der Waals surface area contributed by atoms with Gasteiger partial charge in [0.05, 0.1) is 5.69 Å². The molecule has 1 unspecified atom stereocenters. The van der Waals surface area contributed by atoms with Gasteiger partial charge in [0.1, 0.15) is 0 Å². The Balaban J connectivity index is 1.47. The summed E-state index contributed by atoms with van der Waals surface area (Å²) >= 11 is 0. The fourth-order valence-electron chi connectivity index (χ4n) is 2.89. The molecule has 18 heavy (non-hydrogen) atoms. The lowest BCUT2D eigenvalue weighted by atomic mass is 10.1. The summed E-state index contributed by atoms with van der Waals surface area (Å²) in [6.45, 7) is 6.88. The lowest BCUT2D eigenvalue weighted by Gasteiger charge is -2.15. The summed E-state index contributed by atoms with van der Waals surface area (Å²) in [5.41, 5.74) is 2.56. The van der Waals surface area contributed by atoms with E-state index in [1.165, 1.54) is 50.2 Å². The van der Waals surface area contributed by atoms with E-state index in [0.29, 0.717) is 0 Å². The van der Waals surface area contributed by atoms with Crippen LogP contribution in [0.3, 0.4) is 0 Å². The molecular weight excluding hydrogens is 224 g/mol. The van der Waals surface area contributed by atoms with Crippen LogP contribution < -0.4 is 5.32 Å². The monoisotopic (exact) mass is 248 g/mol. The molecule has 1 aromatic rings. The summed E-state index contributed by atoms with van der Waals surface area (Å²) in [5, 5.41) is 8.07. The van der Waals surface area contributed by atoms with E-state index in [1.807, 2.05) is 11.7 Å². The van der Waals surface area contributed by atoms with Crippen LogP contribution in [0.4, 0.5) is 0 Å². The van der Waals surface area contributed by atoms with E-state index in [4.69, 9.17) is 0 Å². The number of nitrogens with one attached hydrogen (secondary N) is 1. The van der Waals surface area contributed by atoms with Crippen LogP contribution >= 0.6 is 0 Å². The predicted octanol–water partition coefficient (Wildman–Crippen LogP) is 1.30. The second-order valence-electron chi connectivity index (χ2n) is 5.99. The fraction of sp³-hybridized carbons (Fsp3) is 0.786. The van der Waals surface area contributed by atoms with Gasteiger partial charge < -0.3 is 5.32 Å². The quantitative estimate of drug-likeness (QED) is 0.853. The van der Waals surface area contributed by atoms with Gasteiger partial charge in [-0.1, -0.05) is 0 Å². The van der Waals surface area contributed by atoms with E-state index in [0.717, 1.165) is 18.5 Å². The molecule has 1 N–H and O–H groups in total. The van der Waals surface area contributed by atoms with E-state index < -0.39 is 0 Å². The van der Waals surface area contributed by atoms with Gasteiger partial charge in [0.25, 0.3) is 0 Å². The highest BCUT2D eigenvalue weighted by Crippen LogP contribution is 2.22. The van der Waals surface area contributed by atoms with Gasteiger partial charge in [-0.05, 0) is 45.2 Å². The summed E-state index contributed by atoms with van der Waals surface area (Å²) < 4.78 is 1.92. The van der Waals surface area contributed by atoms with E-state index in [9.17, 15) is 0 Å². The fourth-order valence-corrected chi connectivity index (χ4v) is 2.89. The lowest BCUT2D eigenvalue weighted by Crippen LogP contribution is -2.27. The highest BCUT2D eigenvalue weighted by Gasteiger charge is 2.26. The highest BCUT2D eigenvalue weighted by molar-refractivity contribution is 5.15. The van der Waals surface area contributed by atoms with Crippen molar-refractivity contribution in [1.82, 2.24) is 20.0 Å². The number of hydrogen-bond donors (Lipinski definition) is 1. The van der Waals surface area contributed by atoms with Gasteiger partial charge in [0, 0.05) is 37.9 Å². The van der Waals surface area contributed by atoms with Gasteiger partial charge in [-0.2, -0.15) is 5.10 Å². The summed E-state index contributed by atoms with van der Waals surface area (Å²) in [4.78, 5) is 2.57. The topological polar surface area (TPSA) is 33.1 Å². The largest absolute Gasteiger partial charge is 0.314 e. The molecule has 4 nitrogen and oxygen atoms in total. The SMILES string of the molecule is Cc1nn(C)cc1CN1CCC(CNC2CC2)C1. The molecule has 3 rings (SSSR count). The lowest BCUT2D eigenvalue weighted by molar-refractivity contribution is 0.313. The Labute approximate surface area is 109 Å². The van der Waals surface area contributed by atoms with E-state index >= 15 is 0 Å². The van der Waals surface area contributed by atoms with Gasteiger partial charge in [0.15, 0.2) is 0 Å². The summed E-state index contributed by atoms with van der Waals surface area (Å²) in [7, 11) is 2.00. The first-order chi connectivity index (χ1) is 8.70. The molecule has 1 atom stereocenters. The summed E-state index contributed by atoms with van der Waals surface area (Å²) in [6.07, 6.45) is 6.29. The molecule has 0 radical (unpaired) electrons. The number of likely N-dealkylation sites (tertiary alicyclic amines) is 1. The highest BCUT2D eigenvalue weighted by atomic mass is 15.3. The van der Waals surface area contributed by atoms with Crippen molar-refractivity contribution in [3.63, 3.8) is 0 Å². The molecule has 2 aliphatic rings. The third-order valence-electron chi connectivity index (χ3n) is 4.15. The van der Waals surface area contributed by atoms with Crippen molar-refractivity contribution in [2.45, 2.75) is 38.8 Å². The third-order valence-corrected chi connectivity index (χ3v) is 4.15. The first-order valence-corrected chi connectivity index (χ1v) is 7.15. The van der Waals surface area contributed by atoms with Crippen molar-refractivity contribution in [3.8, 4) is 0 Å². The molecule has 0 amide bonds. The zero-order valence-corrected chi connectivity index (χ0v) is 11.5. The molecular formula is C14H24N4. The van der Waals surface area contributed by atoms with Crippen LogP contribution in [0, 0.1) is 12.8 Å². The van der Waals surface area contributed by atoms with E-state index in [2.05, 4.69) is 28.4 Å². The Morgan fingerprint density at radius 2 is 2.22 bits per heavy atom. The Hall–Kier alpha value is -0.870. The molecule has 2 fully saturated rings. The molecule has 100 valence electrons. The van der Waals surface area contributed by atoms with Gasteiger partial charge in [-0.25, -0.2) is 0 Å². The van der Waals surface area contributed by atoms with Crippen molar-refractivity contribution in [2.75, 3.05) is 19.6 Å². The summed E-state index contributed by atoms with van der Waals surface area (Å²) in [6, 6.07) is 0.847. The first kappa shape index (κ1) is 12.2. The third kappa shape index (κ3) is 2.93. The molecule has 2 heterocycles. The van der Waals surface area contributed by atoms with E-state index in [-0.39, 0.29) is 0 Å². The second kappa shape index (κ2) is 5.02. The number of nitrogens with zero attached hydrogens (tertiary/aromatic N) is 3. The van der Waals surface area contributed by atoms with E-state index in [1.54, 1.807) is 0 Å². The predicted molar refractivity (Wildman–Crippen MR) is 72.4 cm³/mol. The molecule has 1 saturated carbocycles. The van der Waals surface area contributed by atoms with Crippen LogP contribution in [0.1, 0.15) is 30.5 Å². The zero-order valence-electron chi connectivity index (χ0n) is 11.5. The van der Waals surface area contributed by atoms with Crippen LogP contribution in [-0.2, 0) is 13.6 Å². The first-order valence-electron chi connectivity index (χ1n) is 7.15. The normalized spacial score (nSPS) is 24.9. The molecule has 0 spiro atoms. The number of aromatic nitrogens is 2. The Morgan fingerprint density at radius 1 is 1.39 bits per heavy atom. The smallest absolute Gasteiger partial charge is 0.0638 e. The maximum atomic E-state index is 4.42. The minimum absolute atomic E-state index is 0.847. The van der Waals surface area contributed by atoms with Gasteiger partial charge in [-0.3, -0.25) is 9.58 Å². The molecule has 0 bridgehead atoms. The Morgan fingerprint density at radius 3 is 2.89 bits per heavy atom. The molecule has 1 aliphatic carbocycles. The van der Waals surface area contributed by atoms with Crippen LogP contribution in [0.5, 0.6) is 0 Å². The van der Waals surface area contributed by atoms with Crippen LogP contribution in [0.15, 0.2) is 6.20 Å². The molecule has 1 aromatic heterocycles. The number of aryl methyl sites for hydroxylation is 2. The van der Waals surface area contributed by atoms with Crippen LogP contribution in [-0.4, -0.2) is 40.4 Å². The van der Waals surface area contributed by atoms with Crippen LogP contribution in [0.2, 0.25) is 0 Å². The second-order valence-corrected chi connectivity index (χ2v) is 5.99. The van der Waals surface area contributed by atoms with Crippen molar-refractivity contribution < 1.29 is 0 Å². The average molecular weight is 248 g/mol. The summed E-state index contributed by atoms with van der Waals surface area (Å²) in [5.74, 6) is 0.850. The van der Waals surface area contributed by atoms with Gasteiger partial charge in [-0.15, -0.1) is 0 Å².